The monoisotopic (exact) mass is 424 g/mol. The summed E-state index contributed by atoms with van der Waals surface area (Å²) < 4.78 is 11.2. The Morgan fingerprint density at radius 1 is 0.742 bits per heavy atom. The Bertz CT molecular complexity index is 843. The zero-order chi connectivity index (χ0) is 21.6. The molecule has 0 bridgehead atoms. The average molecular weight is 425 g/mol. The molecule has 2 aliphatic heterocycles. The van der Waals surface area contributed by atoms with Crippen LogP contribution in [0.5, 0.6) is 11.5 Å². The molecule has 6 heteroatoms. The number of para-hydroxylation sites is 1. The largest absolute Gasteiger partial charge is 0.496 e. The highest BCUT2D eigenvalue weighted by Gasteiger charge is 2.21. The second-order valence-electron chi connectivity index (χ2n) is 8.54. The predicted octanol–water partition coefficient (Wildman–Crippen LogP) is 2.82. The van der Waals surface area contributed by atoms with E-state index in [-0.39, 0.29) is 0 Å². The van der Waals surface area contributed by atoms with Crippen molar-refractivity contribution in [2.45, 2.75) is 6.42 Å². The van der Waals surface area contributed by atoms with Gasteiger partial charge in [0.15, 0.2) is 0 Å². The number of hydrogen-bond donors (Lipinski definition) is 0. The van der Waals surface area contributed by atoms with Crippen LogP contribution in [0.1, 0.15) is 5.56 Å². The summed E-state index contributed by atoms with van der Waals surface area (Å²) >= 11 is 0. The van der Waals surface area contributed by atoms with Crippen LogP contribution >= 0.6 is 0 Å². The maximum absolute atomic E-state index is 5.69. The first-order chi connectivity index (χ1) is 15.2. The molecule has 2 aromatic carbocycles. The summed E-state index contributed by atoms with van der Waals surface area (Å²) in [6.07, 6.45) is 1.03. The van der Waals surface area contributed by atoms with Crippen molar-refractivity contribution >= 4 is 11.4 Å². The molecule has 2 fully saturated rings. The minimum Gasteiger partial charge on any atom is -0.496 e. The quantitative estimate of drug-likeness (QED) is 0.680. The number of likely N-dealkylation sites (N-methyl/N-ethyl adjacent to an activating group) is 1. The fourth-order valence-corrected chi connectivity index (χ4v) is 4.59. The van der Waals surface area contributed by atoms with E-state index in [2.05, 4.69) is 63.0 Å². The Morgan fingerprint density at radius 3 is 2.13 bits per heavy atom. The third-order valence-corrected chi connectivity index (χ3v) is 6.63. The summed E-state index contributed by atoms with van der Waals surface area (Å²) in [6.45, 7) is 9.65. The van der Waals surface area contributed by atoms with Crippen molar-refractivity contribution in [3.8, 4) is 11.5 Å². The van der Waals surface area contributed by atoms with E-state index in [1.807, 2.05) is 6.07 Å². The minimum absolute atomic E-state index is 0.976. The number of benzene rings is 2. The number of methoxy groups -OCH3 is 2. The molecule has 0 N–H and O–H groups in total. The van der Waals surface area contributed by atoms with Gasteiger partial charge in [0.2, 0.25) is 0 Å². The van der Waals surface area contributed by atoms with Crippen LogP contribution in [0, 0.1) is 0 Å². The lowest BCUT2D eigenvalue weighted by molar-refractivity contribution is 0.260. The minimum atomic E-state index is 0.976. The van der Waals surface area contributed by atoms with Gasteiger partial charge in [-0.2, -0.15) is 0 Å². The molecule has 0 spiro atoms. The van der Waals surface area contributed by atoms with E-state index >= 15 is 0 Å². The molecule has 0 aliphatic carbocycles. The summed E-state index contributed by atoms with van der Waals surface area (Å²) in [5.41, 5.74) is 3.82. The molecular formula is C25H36N4O2. The summed E-state index contributed by atoms with van der Waals surface area (Å²) in [4.78, 5) is 9.93. The molecule has 0 atom stereocenters. The first kappa shape index (κ1) is 21.8. The SMILES string of the molecule is COc1ccccc1CCN1CCN(c2ccc(OC)c(N3CCN(C)CC3)c2)CC1. The van der Waals surface area contributed by atoms with Crippen LogP contribution in [-0.2, 0) is 6.42 Å². The zero-order valence-corrected chi connectivity index (χ0v) is 19.2. The molecule has 168 valence electrons. The third kappa shape index (κ3) is 5.25. The predicted molar refractivity (Wildman–Crippen MR) is 128 cm³/mol. The molecule has 4 rings (SSSR count). The second-order valence-corrected chi connectivity index (χ2v) is 8.54. The van der Waals surface area contributed by atoms with E-state index in [0.717, 1.165) is 76.8 Å². The van der Waals surface area contributed by atoms with Gasteiger partial charge in [0.25, 0.3) is 0 Å². The third-order valence-electron chi connectivity index (χ3n) is 6.63. The first-order valence-electron chi connectivity index (χ1n) is 11.4. The van der Waals surface area contributed by atoms with Gasteiger partial charge >= 0.3 is 0 Å². The Hall–Kier alpha value is -2.44. The molecule has 2 aromatic rings. The summed E-state index contributed by atoms with van der Waals surface area (Å²) in [5.74, 6) is 1.97. The first-order valence-corrected chi connectivity index (χ1v) is 11.4. The number of piperazine rings is 2. The van der Waals surface area contributed by atoms with Crippen LogP contribution in [0.4, 0.5) is 11.4 Å². The lowest BCUT2D eigenvalue weighted by Gasteiger charge is -2.38. The number of hydrogen-bond acceptors (Lipinski definition) is 6. The van der Waals surface area contributed by atoms with Gasteiger partial charge in [-0.3, -0.25) is 4.90 Å². The molecule has 0 amide bonds. The number of anilines is 2. The topological polar surface area (TPSA) is 31.4 Å². The standard InChI is InChI=1S/C25H36N4O2/c1-26-12-16-29(17-13-26)23-20-22(8-9-25(23)31-3)28-18-14-27(15-19-28)11-10-21-6-4-5-7-24(21)30-2/h4-9,20H,10-19H2,1-3H3. The molecular weight excluding hydrogens is 388 g/mol. The van der Waals surface area contributed by atoms with E-state index in [1.54, 1.807) is 14.2 Å². The van der Waals surface area contributed by atoms with Crippen LogP contribution in [0.15, 0.2) is 42.5 Å². The smallest absolute Gasteiger partial charge is 0.142 e. The summed E-state index contributed by atoms with van der Waals surface area (Å²) in [5, 5.41) is 0. The van der Waals surface area contributed by atoms with Crippen LogP contribution in [0.25, 0.3) is 0 Å². The van der Waals surface area contributed by atoms with Crippen LogP contribution < -0.4 is 19.3 Å². The van der Waals surface area contributed by atoms with E-state index in [4.69, 9.17) is 9.47 Å². The normalized spacial score (nSPS) is 18.3. The fourth-order valence-electron chi connectivity index (χ4n) is 4.59. The lowest BCUT2D eigenvalue weighted by atomic mass is 10.1. The van der Waals surface area contributed by atoms with Gasteiger partial charge in [-0.25, -0.2) is 0 Å². The molecule has 0 saturated carbocycles. The van der Waals surface area contributed by atoms with Crippen molar-refractivity contribution in [1.82, 2.24) is 9.80 Å². The van der Waals surface area contributed by atoms with Crippen molar-refractivity contribution in [3.63, 3.8) is 0 Å². The Kier molecular flexibility index (Phi) is 7.20. The van der Waals surface area contributed by atoms with Crippen LogP contribution in [0.3, 0.4) is 0 Å². The maximum Gasteiger partial charge on any atom is 0.142 e. The van der Waals surface area contributed by atoms with Crippen molar-refractivity contribution in [2.75, 3.05) is 90.0 Å². The Labute approximate surface area is 186 Å². The average Bonchev–Trinajstić information content (AvgIpc) is 2.83. The van der Waals surface area contributed by atoms with E-state index in [1.165, 1.54) is 16.9 Å². The van der Waals surface area contributed by atoms with Gasteiger partial charge in [-0.15, -0.1) is 0 Å². The number of ether oxygens (including phenoxy) is 2. The highest BCUT2D eigenvalue weighted by Crippen LogP contribution is 2.33. The Morgan fingerprint density at radius 2 is 1.42 bits per heavy atom. The van der Waals surface area contributed by atoms with Crippen molar-refractivity contribution in [3.05, 3.63) is 48.0 Å². The molecule has 0 radical (unpaired) electrons. The van der Waals surface area contributed by atoms with E-state index in [9.17, 15) is 0 Å². The van der Waals surface area contributed by atoms with Crippen LogP contribution in [-0.4, -0.2) is 90.0 Å². The lowest BCUT2D eigenvalue weighted by Crippen LogP contribution is -2.47. The van der Waals surface area contributed by atoms with Gasteiger partial charge in [0, 0.05) is 64.6 Å². The van der Waals surface area contributed by atoms with E-state index in [0.29, 0.717) is 0 Å². The highest BCUT2D eigenvalue weighted by molar-refractivity contribution is 5.67. The summed E-state index contributed by atoms with van der Waals surface area (Å²) in [7, 11) is 5.72. The second kappa shape index (κ2) is 10.2. The van der Waals surface area contributed by atoms with Gasteiger partial charge in [-0.05, 0) is 43.3 Å². The number of nitrogens with zero attached hydrogens (tertiary/aromatic N) is 4. The van der Waals surface area contributed by atoms with Crippen LogP contribution in [0.2, 0.25) is 0 Å². The molecule has 0 aromatic heterocycles. The molecule has 31 heavy (non-hydrogen) atoms. The van der Waals surface area contributed by atoms with Gasteiger partial charge < -0.3 is 24.2 Å². The Balaban J connectivity index is 1.35. The van der Waals surface area contributed by atoms with Gasteiger partial charge in [-0.1, -0.05) is 18.2 Å². The van der Waals surface area contributed by atoms with E-state index < -0.39 is 0 Å². The van der Waals surface area contributed by atoms with Gasteiger partial charge in [0.1, 0.15) is 11.5 Å². The molecule has 2 heterocycles. The highest BCUT2D eigenvalue weighted by atomic mass is 16.5. The fraction of sp³-hybridized carbons (Fsp3) is 0.520. The molecule has 2 aliphatic rings. The summed E-state index contributed by atoms with van der Waals surface area (Å²) in [6, 6.07) is 15.0. The number of rotatable bonds is 7. The molecule has 6 nitrogen and oxygen atoms in total. The van der Waals surface area contributed by atoms with Crippen molar-refractivity contribution < 1.29 is 9.47 Å². The molecule has 2 saturated heterocycles. The zero-order valence-electron chi connectivity index (χ0n) is 19.2. The maximum atomic E-state index is 5.69. The van der Waals surface area contributed by atoms with Crippen molar-refractivity contribution in [1.29, 1.82) is 0 Å². The van der Waals surface area contributed by atoms with Gasteiger partial charge in [0.05, 0.1) is 19.9 Å². The molecule has 0 unspecified atom stereocenters. The van der Waals surface area contributed by atoms with Crippen molar-refractivity contribution in [2.24, 2.45) is 0 Å².